The second-order valence-electron chi connectivity index (χ2n) is 9.57. The molecule has 7 aromatic rings. The van der Waals surface area contributed by atoms with Crippen LogP contribution in [0.25, 0.3) is 66.1 Å². The van der Waals surface area contributed by atoms with Gasteiger partial charge in [-0.2, -0.15) is 0 Å². The Morgan fingerprint density at radius 3 is 1.53 bits per heavy atom. The number of hydrogen-bond donors (Lipinski definition) is 0. The maximum atomic E-state index is 4.59. The fraction of sp³-hybridized carbons (Fsp3) is 0. The minimum atomic E-state index is 1.17. The number of rotatable bonds is 4. The van der Waals surface area contributed by atoms with Gasteiger partial charge in [-0.15, -0.1) is 0 Å². The molecule has 1 heteroatoms. The van der Waals surface area contributed by atoms with Crippen molar-refractivity contribution in [3.8, 4) is 44.5 Å². The summed E-state index contributed by atoms with van der Waals surface area (Å²) >= 11 is 0. The molecule has 0 radical (unpaired) electrons. The summed E-state index contributed by atoms with van der Waals surface area (Å²) in [7, 11) is 0. The number of hydrogen-bond acceptors (Lipinski definition) is 1. The second-order valence-corrected chi connectivity index (χ2v) is 9.57. The van der Waals surface area contributed by atoms with Gasteiger partial charge in [0.1, 0.15) is 0 Å². The molecule has 0 bridgehead atoms. The molecule has 0 aliphatic heterocycles. The van der Waals surface area contributed by atoms with E-state index < -0.39 is 0 Å². The van der Waals surface area contributed by atoms with Crippen LogP contribution in [0, 0.1) is 0 Å². The molecule has 1 heterocycles. The van der Waals surface area contributed by atoms with Gasteiger partial charge in [0.2, 0.25) is 0 Å². The third-order valence-electron chi connectivity index (χ3n) is 7.39. The molecule has 6 aromatic carbocycles. The van der Waals surface area contributed by atoms with Crippen LogP contribution >= 0.6 is 0 Å². The van der Waals surface area contributed by atoms with Gasteiger partial charge >= 0.3 is 0 Å². The van der Waals surface area contributed by atoms with Crippen LogP contribution in [0.15, 0.2) is 152 Å². The van der Waals surface area contributed by atoms with Gasteiger partial charge in [-0.1, -0.05) is 133 Å². The maximum absolute atomic E-state index is 4.59. The van der Waals surface area contributed by atoms with E-state index in [2.05, 4.69) is 145 Å². The van der Waals surface area contributed by atoms with E-state index >= 15 is 0 Å². The Hall–Kier alpha value is -5.01. The normalized spacial score (nSPS) is 11.2. The highest BCUT2D eigenvalue weighted by molar-refractivity contribution is 6.22. The summed E-state index contributed by atoms with van der Waals surface area (Å²) in [4.78, 5) is 4.59. The van der Waals surface area contributed by atoms with Gasteiger partial charge in [0.15, 0.2) is 0 Å². The number of pyridine rings is 1. The highest BCUT2D eigenvalue weighted by atomic mass is 14.6. The Labute approximate surface area is 222 Å². The zero-order chi connectivity index (χ0) is 25.3. The van der Waals surface area contributed by atoms with Gasteiger partial charge < -0.3 is 0 Å². The summed E-state index contributed by atoms with van der Waals surface area (Å²) in [6.07, 6.45) is 3.93. The average molecular weight is 484 g/mol. The molecule has 0 atom stereocenters. The first-order valence-corrected chi connectivity index (χ1v) is 13.0. The highest BCUT2D eigenvalue weighted by Gasteiger charge is 2.18. The van der Waals surface area contributed by atoms with Crippen molar-refractivity contribution in [3.63, 3.8) is 0 Å². The third-order valence-corrected chi connectivity index (χ3v) is 7.39. The van der Waals surface area contributed by atoms with E-state index in [1.165, 1.54) is 66.1 Å². The van der Waals surface area contributed by atoms with E-state index in [0.29, 0.717) is 0 Å². The SMILES string of the molecule is c1ccc(-c2ccc(-c3ccccc3-c3c4ccccc4c(-c4ccccc4)c4ccncc34)cc2)cc1. The first-order chi connectivity index (χ1) is 18.9. The molecular formula is C37H25N. The lowest BCUT2D eigenvalue weighted by Gasteiger charge is -2.19. The topological polar surface area (TPSA) is 12.9 Å². The average Bonchev–Trinajstić information content (AvgIpc) is 3.01. The highest BCUT2D eigenvalue weighted by Crippen LogP contribution is 2.45. The summed E-state index contributed by atoms with van der Waals surface area (Å²) in [5, 5.41) is 4.87. The van der Waals surface area contributed by atoms with E-state index in [-0.39, 0.29) is 0 Å². The zero-order valence-electron chi connectivity index (χ0n) is 20.9. The molecule has 0 saturated heterocycles. The predicted octanol–water partition coefficient (Wildman–Crippen LogP) is 10.1. The Balaban J connectivity index is 1.49. The molecule has 1 aromatic heterocycles. The summed E-state index contributed by atoms with van der Waals surface area (Å²) in [5.41, 5.74) is 9.79. The molecule has 38 heavy (non-hydrogen) atoms. The fourth-order valence-corrected chi connectivity index (χ4v) is 5.65. The zero-order valence-corrected chi connectivity index (χ0v) is 20.9. The quantitative estimate of drug-likeness (QED) is 0.227. The number of nitrogens with zero attached hydrogens (tertiary/aromatic N) is 1. The van der Waals surface area contributed by atoms with E-state index in [1.807, 2.05) is 12.4 Å². The molecule has 1 nitrogen and oxygen atoms in total. The smallest absolute Gasteiger partial charge is 0.0353 e. The van der Waals surface area contributed by atoms with Crippen molar-refractivity contribution in [2.75, 3.05) is 0 Å². The second kappa shape index (κ2) is 9.46. The molecule has 178 valence electrons. The van der Waals surface area contributed by atoms with Crippen LogP contribution in [0.1, 0.15) is 0 Å². The lowest BCUT2D eigenvalue weighted by Crippen LogP contribution is -1.93. The van der Waals surface area contributed by atoms with Gasteiger partial charge in [-0.3, -0.25) is 4.98 Å². The van der Waals surface area contributed by atoms with E-state index in [0.717, 1.165) is 0 Å². The number of fused-ring (bicyclic) bond motifs is 2. The molecule has 0 N–H and O–H groups in total. The minimum Gasteiger partial charge on any atom is -0.264 e. The third kappa shape index (κ3) is 3.77. The first kappa shape index (κ1) is 22.2. The number of benzene rings is 6. The van der Waals surface area contributed by atoms with Crippen LogP contribution in [-0.2, 0) is 0 Å². The van der Waals surface area contributed by atoms with Gasteiger partial charge in [0.05, 0.1) is 0 Å². The Bertz CT molecular complexity index is 1830. The molecular weight excluding hydrogens is 458 g/mol. The lowest BCUT2D eigenvalue weighted by atomic mass is 9.84. The summed E-state index contributed by atoms with van der Waals surface area (Å²) in [6, 6.07) is 49.8. The van der Waals surface area contributed by atoms with Crippen molar-refractivity contribution in [3.05, 3.63) is 152 Å². The standard InChI is InChI=1S/C37H25N/c1-3-11-26(12-4-1)27-19-21-28(22-20-27)30-15-7-8-16-31(30)37-33-18-10-9-17-32(33)36(29-13-5-2-6-14-29)34-23-24-38-25-35(34)37/h1-25H. The van der Waals surface area contributed by atoms with Crippen molar-refractivity contribution in [2.45, 2.75) is 0 Å². The van der Waals surface area contributed by atoms with Crippen LogP contribution in [0.4, 0.5) is 0 Å². The summed E-state index contributed by atoms with van der Waals surface area (Å²) in [6.45, 7) is 0. The molecule has 0 spiro atoms. The van der Waals surface area contributed by atoms with Crippen molar-refractivity contribution >= 4 is 21.5 Å². The maximum Gasteiger partial charge on any atom is 0.0353 e. The molecule has 0 amide bonds. The Morgan fingerprint density at radius 1 is 0.316 bits per heavy atom. The Kier molecular flexibility index (Phi) is 5.53. The van der Waals surface area contributed by atoms with Crippen LogP contribution < -0.4 is 0 Å². The molecule has 0 aliphatic carbocycles. The van der Waals surface area contributed by atoms with E-state index in [4.69, 9.17) is 0 Å². The Morgan fingerprint density at radius 2 is 0.816 bits per heavy atom. The molecule has 0 unspecified atom stereocenters. The van der Waals surface area contributed by atoms with Gasteiger partial charge in [-0.25, -0.2) is 0 Å². The largest absolute Gasteiger partial charge is 0.264 e. The van der Waals surface area contributed by atoms with Crippen LogP contribution in [0.3, 0.4) is 0 Å². The van der Waals surface area contributed by atoms with E-state index in [1.54, 1.807) is 0 Å². The summed E-state index contributed by atoms with van der Waals surface area (Å²) < 4.78 is 0. The lowest BCUT2D eigenvalue weighted by molar-refractivity contribution is 1.37. The van der Waals surface area contributed by atoms with Gasteiger partial charge in [0.25, 0.3) is 0 Å². The predicted molar refractivity (Wildman–Crippen MR) is 161 cm³/mol. The molecule has 0 fully saturated rings. The molecule has 7 rings (SSSR count). The fourth-order valence-electron chi connectivity index (χ4n) is 5.65. The van der Waals surface area contributed by atoms with Gasteiger partial charge in [0, 0.05) is 17.8 Å². The monoisotopic (exact) mass is 483 g/mol. The van der Waals surface area contributed by atoms with Crippen LogP contribution in [0.2, 0.25) is 0 Å². The van der Waals surface area contributed by atoms with Crippen molar-refractivity contribution in [1.82, 2.24) is 4.98 Å². The van der Waals surface area contributed by atoms with Crippen molar-refractivity contribution in [2.24, 2.45) is 0 Å². The molecule has 0 aliphatic rings. The van der Waals surface area contributed by atoms with Gasteiger partial charge in [-0.05, 0) is 66.7 Å². The van der Waals surface area contributed by atoms with E-state index in [9.17, 15) is 0 Å². The first-order valence-electron chi connectivity index (χ1n) is 13.0. The van der Waals surface area contributed by atoms with Crippen LogP contribution in [-0.4, -0.2) is 4.98 Å². The van der Waals surface area contributed by atoms with Crippen LogP contribution in [0.5, 0.6) is 0 Å². The number of aromatic nitrogens is 1. The van der Waals surface area contributed by atoms with Crippen molar-refractivity contribution < 1.29 is 0 Å². The summed E-state index contributed by atoms with van der Waals surface area (Å²) in [5.74, 6) is 0. The minimum absolute atomic E-state index is 1.17. The van der Waals surface area contributed by atoms with Crippen molar-refractivity contribution in [1.29, 1.82) is 0 Å². The molecule has 0 saturated carbocycles.